The van der Waals surface area contributed by atoms with E-state index < -0.39 is 24.1 Å². The van der Waals surface area contributed by atoms with Crippen molar-refractivity contribution in [3.05, 3.63) is 35.9 Å². The number of benzene rings is 1. The van der Waals surface area contributed by atoms with Gasteiger partial charge in [0.2, 0.25) is 5.91 Å². The van der Waals surface area contributed by atoms with E-state index in [0.717, 1.165) is 37.7 Å². The highest BCUT2D eigenvalue weighted by Crippen LogP contribution is 2.28. The van der Waals surface area contributed by atoms with Crippen molar-refractivity contribution in [2.45, 2.75) is 69.9 Å². The summed E-state index contributed by atoms with van der Waals surface area (Å²) in [5, 5.41) is 2.60. The molecule has 1 fully saturated rings. The minimum absolute atomic E-state index is 0.103. The molecule has 176 valence electrons. The van der Waals surface area contributed by atoms with E-state index in [0.29, 0.717) is 19.3 Å². The zero-order chi connectivity index (χ0) is 23.3. The molecule has 2 atom stereocenters. The first kappa shape index (κ1) is 25.4. The lowest BCUT2D eigenvalue weighted by Crippen LogP contribution is -2.45. The molecule has 1 aliphatic rings. The van der Waals surface area contributed by atoms with Crippen molar-refractivity contribution >= 4 is 24.2 Å². The molecule has 0 unspecified atom stereocenters. The van der Waals surface area contributed by atoms with Crippen molar-refractivity contribution in [3.63, 3.8) is 0 Å². The van der Waals surface area contributed by atoms with Crippen molar-refractivity contribution in [1.82, 2.24) is 10.2 Å². The summed E-state index contributed by atoms with van der Waals surface area (Å²) in [5.74, 6) is -0.362. The number of hydrogen-bond acceptors (Lipinski definition) is 5. The van der Waals surface area contributed by atoms with Gasteiger partial charge in [-0.15, -0.1) is 0 Å². The van der Waals surface area contributed by atoms with E-state index >= 15 is 0 Å². The molecule has 0 bridgehead atoms. The van der Waals surface area contributed by atoms with E-state index in [1.54, 1.807) is 11.9 Å². The van der Waals surface area contributed by atoms with Crippen LogP contribution in [0.4, 0.5) is 4.79 Å². The third-order valence-electron chi connectivity index (χ3n) is 5.99. The molecule has 3 amide bonds. The minimum atomic E-state index is -1.03. The van der Waals surface area contributed by atoms with Crippen molar-refractivity contribution in [2.24, 2.45) is 11.7 Å². The summed E-state index contributed by atoms with van der Waals surface area (Å²) >= 11 is 0. The van der Waals surface area contributed by atoms with Crippen LogP contribution in [0.3, 0.4) is 0 Å². The van der Waals surface area contributed by atoms with Gasteiger partial charge in [0, 0.05) is 20.0 Å². The standard InChI is InChI=1S/C24H35N3O5/c1-27(15-14-18-8-4-2-5-9-18)22(29)13-12-20(17-28)26-23(30)21(32-24(25)31)16-19-10-6-3-7-11-19/h2,4-5,8-9,17,19-21H,3,6-7,10-16H2,1H3,(H2,25,31)(H,26,30)/t20-,21-/m0/s1. The van der Waals surface area contributed by atoms with E-state index in [1.807, 2.05) is 30.3 Å². The fraction of sp³-hybridized carbons (Fsp3) is 0.583. The van der Waals surface area contributed by atoms with Gasteiger partial charge < -0.3 is 25.5 Å². The molecule has 0 radical (unpaired) electrons. The topological polar surface area (TPSA) is 119 Å². The molecule has 3 N–H and O–H groups in total. The van der Waals surface area contributed by atoms with Crippen LogP contribution in [0.1, 0.15) is 56.9 Å². The van der Waals surface area contributed by atoms with Crippen molar-refractivity contribution < 1.29 is 23.9 Å². The quantitative estimate of drug-likeness (QED) is 0.479. The number of ether oxygens (including phenoxy) is 1. The SMILES string of the molecule is CN(CCc1ccccc1)C(=O)CC[C@@H](C=O)NC(=O)[C@H](CC1CCCCC1)OC(N)=O. The van der Waals surface area contributed by atoms with Crippen LogP contribution in [0.15, 0.2) is 30.3 Å². The predicted molar refractivity (Wildman–Crippen MR) is 121 cm³/mol. The highest BCUT2D eigenvalue weighted by atomic mass is 16.6. The average Bonchev–Trinajstić information content (AvgIpc) is 2.80. The number of amides is 3. The Hall–Kier alpha value is -2.90. The molecular formula is C24H35N3O5. The monoisotopic (exact) mass is 445 g/mol. The first-order valence-electron chi connectivity index (χ1n) is 11.4. The summed E-state index contributed by atoms with van der Waals surface area (Å²) in [5.41, 5.74) is 6.28. The highest BCUT2D eigenvalue weighted by Gasteiger charge is 2.28. The van der Waals surface area contributed by atoms with E-state index in [2.05, 4.69) is 5.32 Å². The lowest BCUT2D eigenvalue weighted by Gasteiger charge is -2.26. The van der Waals surface area contributed by atoms with Crippen LogP contribution in [0.5, 0.6) is 0 Å². The molecular weight excluding hydrogens is 410 g/mol. The molecule has 1 aromatic rings. The molecule has 0 saturated heterocycles. The number of hydrogen-bond donors (Lipinski definition) is 2. The Morgan fingerprint density at radius 1 is 1.19 bits per heavy atom. The molecule has 8 nitrogen and oxygen atoms in total. The number of rotatable bonds is 12. The number of aldehydes is 1. The van der Waals surface area contributed by atoms with E-state index in [1.165, 1.54) is 6.42 Å². The predicted octanol–water partition coefficient (Wildman–Crippen LogP) is 2.59. The van der Waals surface area contributed by atoms with Crippen LogP contribution in [0.25, 0.3) is 0 Å². The van der Waals surface area contributed by atoms with Crippen LogP contribution in [-0.4, -0.2) is 54.8 Å². The Balaban J connectivity index is 1.81. The average molecular weight is 446 g/mol. The third kappa shape index (κ3) is 9.08. The number of nitrogens with one attached hydrogen (secondary N) is 1. The van der Waals surface area contributed by atoms with Crippen LogP contribution in [-0.2, 0) is 25.5 Å². The Kier molecular flexibility index (Phi) is 10.7. The Morgan fingerprint density at radius 3 is 2.50 bits per heavy atom. The van der Waals surface area contributed by atoms with Gasteiger partial charge >= 0.3 is 6.09 Å². The van der Waals surface area contributed by atoms with Gasteiger partial charge in [0.05, 0.1) is 6.04 Å². The van der Waals surface area contributed by atoms with Crippen LogP contribution in [0.2, 0.25) is 0 Å². The second kappa shape index (κ2) is 13.5. The zero-order valence-corrected chi connectivity index (χ0v) is 18.8. The summed E-state index contributed by atoms with van der Waals surface area (Å²) < 4.78 is 5.03. The normalized spacial score (nSPS) is 15.9. The Bertz CT molecular complexity index is 749. The second-order valence-corrected chi connectivity index (χ2v) is 8.51. The number of carbonyl (C=O) groups excluding carboxylic acids is 4. The van der Waals surface area contributed by atoms with Gasteiger partial charge in [0.1, 0.15) is 6.29 Å². The van der Waals surface area contributed by atoms with Gasteiger partial charge in [0.25, 0.3) is 5.91 Å². The second-order valence-electron chi connectivity index (χ2n) is 8.51. The van der Waals surface area contributed by atoms with Gasteiger partial charge in [-0.2, -0.15) is 0 Å². The first-order chi connectivity index (χ1) is 15.4. The molecule has 1 saturated carbocycles. The van der Waals surface area contributed by atoms with Gasteiger partial charge in [-0.1, -0.05) is 62.4 Å². The number of likely N-dealkylation sites (N-methyl/N-ethyl adjacent to an activating group) is 1. The molecule has 1 aromatic carbocycles. The van der Waals surface area contributed by atoms with Gasteiger partial charge in [-0.25, -0.2) is 4.79 Å². The summed E-state index contributed by atoms with van der Waals surface area (Å²) in [6.45, 7) is 0.566. The van der Waals surface area contributed by atoms with Crippen molar-refractivity contribution in [3.8, 4) is 0 Å². The zero-order valence-electron chi connectivity index (χ0n) is 18.8. The number of carbonyl (C=O) groups is 4. The maximum atomic E-state index is 12.7. The molecule has 2 rings (SSSR count). The summed E-state index contributed by atoms with van der Waals surface area (Å²) in [6.07, 6.45) is 5.31. The van der Waals surface area contributed by atoms with Gasteiger partial charge in [-0.3, -0.25) is 9.59 Å². The number of primary amides is 1. The first-order valence-corrected chi connectivity index (χ1v) is 11.4. The molecule has 8 heteroatoms. The molecule has 0 aliphatic heterocycles. The Labute approximate surface area is 189 Å². The number of nitrogens with two attached hydrogens (primary N) is 1. The summed E-state index contributed by atoms with van der Waals surface area (Å²) in [4.78, 5) is 49.5. The van der Waals surface area contributed by atoms with Crippen LogP contribution in [0, 0.1) is 5.92 Å². The molecule has 0 spiro atoms. The van der Waals surface area contributed by atoms with E-state index in [9.17, 15) is 19.2 Å². The van der Waals surface area contributed by atoms with Crippen LogP contribution >= 0.6 is 0 Å². The smallest absolute Gasteiger partial charge is 0.405 e. The Morgan fingerprint density at radius 2 is 1.88 bits per heavy atom. The molecule has 32 heavy (non-hydrogen) atoms. The maximum absolute atomic E-state index is 12.7. The third-order valence-corrected chi connectivity index (χ3v) is 5.99. The van der Waals surface area contributed by atoms with Crippen molar-refractivity contribution in [1.29, 1.82) is 0 Å². The van der Waals surface area contributed by atoms with Gasteiger partial charge in [0.15, 0.2) is 6.10 Å². The van der Waals surface area contributed by atoms with Gasteiger partial charge in [-0.05, 0) is 30.7 Å². The fourth-order valence-corrected chi connectivity index (χ4v) is 4.06. The lowest BCUT2D eigenvalue weighted by atomic mass is 9.85. The fourth-order valence-electron chi connectivity index (χ4n) is 4.06. The largest absolute Gasteiger partial charge is 0.436 e. The lowest BCUT2D eigenvalue weighted by molar-refractivity contribution is -0.133. The van der Waals surface area contributed by atoms with Crippen molar-refractivity contribution in [2.75, 3.05) is 13.6 Å². The minimum Gasteiger partial charge on any atom is -0.436 e. The highest BCUT2D eigenvalue weighted by molar-refractivity contribution is 5.85. The summed E-state index contributed by atoms with van der Waals surface area (Å²) in [7, 11) is 1.72. The molecule has 1 aliphatic carbocycles. The maximum Gasteiger partial charge on any atom is 0.405 e. The molecule has 0 heterocycles. The van der Waals surface area contributed by atoms with E-state index in [4.69, 9.17) is 10.5 Å². The van der Waals surface area contributed by atoms with Crippen LogP contribution < -0.4 is 11.1 Å². The molecule has 0 aromatic heterocycles. The number of nitrogens with zero attached hydrogens (tertiary/aromatic N) is 1. The van der Waals surface area contributed by atoms with E-state index in [-0.39, 0.29) is 24.7 Å². The summed E-state index contributed by atoms with van der Waals surface area (Å²) in [6, 6.07) is 9.04.